The van der Waals surface area contributed by atoms with Crippen molar-refractivity contribution in [3.8, 4) is 0 Å². The Kier molecular flexibility index (Phi) is 6.43. The summed E-state index contributed by atoms with van der Waals surface area (Å²) in [4.78, 5) is 35.0. The molecule has 0 heterocycles. The monoisotopic (exact) mass is 355 g/mol. The quantitative estimate of drug-likeness (QED) is 0.465. The van der Waals surface area contributed by atoms with Crippen molar-refractivity contribution in [1.29, 1.82) is 0 Å². The molecule has 26 heavy (non-hydrogen) atoms. The number of alkyl carbamates (subject to hydrolysis) is 1. The average molecular weight is 355 g/mol. The van der Waals surface area contributed by atoms with Gasteiger partial charge in [0.25, 0.3) is 5.69 Å². The Hall–Kier alpha value is -3.22. The molecule has 1 atom stereocenters. The lowest BCUT2D eigenvalue weighted by Crippen LogP contribution is -2.44. The molecule has 0 aliphatic rings. The fourth-order valence-corrected chi connectivity index (χ4v) is 2.30. The second kappa shape index (κ2) is 8.75. The average Bonchev–Trinajstić information content (AvgIpc) is 2.64. The Morgan fingerprint density at radius 3 is 2.54 bits per heavy atom. The molecule has 0 bridgehead atoms. The summed E-state index contributed by atoms with van der Waals surface area (Å²) in [5.74, 6) is -0.695. The van der Waals surface area contributed by atoms with Crippen LogP contribution in [0.1, 0.15) is 29.8 Å². The van der Waals surface area contributed by atoms with Gasteiger partial charge in [-0.25, -0.2) is 4.79 Å². The summed E-state index contributed by atoms with van der Waals surface area (Å²) in [6.45, 7) is 3.60. The summed E-state index contributed by atoms with van der Waals surface area (Å²) in [6, 6.07) is 14.7. The summed E-state index contributed by atoms with van der Waals surface area (Å²) in [6.07, 6.45) is -0.730. The molecule has 0 saturated heterocycles. The number of nitro benzene ring substituents is 1. The van der Waals surface area contributed by atoms with Gasteiger partial charge in [0.1, 0.15) is 6.61 Å². The summed E-state index contributed by atoms with van der Waals surface area (Å²) < 4.78 is 5.14. The number of benzene rings is 2. The van der Waals surface area contributed by atoms with Crippen molar-refractivity contribution in [2.45, 2.75) is 26.5 Å². The molecule has 7 heteroatoms. The lowest BCUT2D eigenvalue weighted by molar-refractivity contribution is -0.384. The van der Waals surface area contributed by atoms with Crippen molar-refractivity contribution < 1.29 is 19.2 Å². The number of nitrogens with one attached hydrogen (secondary N) is 1. The minimum absolute atomic E-state index is 0.0428. The predicted molar refractivity (Wildman–Crippen MR) is 94.7 cm³/mol. The van der Waals surface area contributed by atoms with Gasteiger partial charge in [0, 0.05) is 17.7 Å². The standard InChI is InChI=1S/C19H19N2O5/c1-13(2)17(18(22)15-9-6-10-16(11-15)21(24)25)20-19(23)26-12-14-7-4-3-5-8-14/h3-8,10-11,13,17H,12H2,1-2H3,(H,20,23)/t17-/m0/s1. The molecular formula is C19H19N2O5. The topological polar surface area (TPSA) is 98.5 Å². The summed E-state index contributed by atoms with van der Waals surface area (Å²) in [7, 11) is 0. The molecular weight excluding hydrogens is 336 g/mol. The Balaban J connectivity index is 2.05. The smallest absolute Gasteiger partial charge is 0.408 e. The summed E-state index contributed by atoms with van der Waals surface area (Å²) in [5, 5.41) is 13.4. The van der Waals surface area contributed by atoms with E-state index in [1.165, 1.54) is 12.1 Å². The highest BCUT2D eigenvalue weighted by molar-refractivity contribution is 6.01. The van der Waals surface area contributed by atoms with Crippen LogP contribution in [0.25, 0.3) is 0 Å². The zero-order chi connectivity index (χ0) is 19.1. The molecule has 2 aromatic rings. The van der Waals surface area contributed by atoms with Gasteiger partial charge in [-0.2, -0.15) is 0 Å². The number of ether oxygens (including phenoxy) is 1. The maximum atomic E-state index is 12.6. The van der Waals surface area contributed by atoms with Crippen LogP contribution in [0.5, 0.6) is 0 Å². The zero-order valence-electron chi connectivity index (χ0n) is 14.5. The number of rotatable bonds is 7. The second-order valence-electron chi connectivity index (χ2n) is 6.01. The Morgan fingerprint density at radius 1 is 1.23 bits per heavy atom. The van der Waals surface area contributed by atoms with E-state index in [2.05, 4.69) is 11.4 Å². The van der Waals surface area contributed by atoms with Crippen molar-refractivity contribution in [3.63, 3.8) is 0 Å². The molecule has 0 aromatic heterocycles. The molecule has 0 aliphatic carbocycles. The van der Waals surface area contributed by atoms with Crippen molar-refractivity contribution in [3.05, 3.63) is 75.8 Å². The number of carbonyl (C=O) groups is 2. The lowest BCUT2D eigenvalue weighted by Gasteiger charge is -2.20. The summed E-state index contributed by atoms with van der Waals surface area (Å²) in [5.41, 5.74) is 0.657. The van der Waals surface area contributed by atoms with Crippen LogP contribution in [-0.4, -0.2) is 22.8 Å². The molecule has 2 rings (SSSR count). The maximum Gasteiger partial charge on any atom is 0.408 e. The van der Waals surface area contributed by atoms with E-state index < -0.39 is 22.8 Å². The summed E-state index contributed by atoms with van der Waals surface area (Å²) >= 11 is 0. The number of nitrogens with zero attached hydrogens (tertiary/aromatic N) is 1. The SMILES string of the molecule is CC(C)[C@H](NC(=O)OCc1ccccc1)C(=O)c1[c]ccc([N+](=O)[O-])c1. The van der Waals surface area contributed by atoms with Crippen molar-refractivity contribution in [2.24, 2.45) is 5.92 Å². The third kappa shape index (κ3) is 5.14. The van der Waals surface area contributed by atoms with E-state index >= 15 is 0 Å². The van der Waals surface area contributed by atoms with Crippen molar-refractivity contribution in [2.75, 3.05) is 0 Å². The minimum atomic E-state index is -0.878. The van der Waals surface area contributed by atoms with Gasteiger partial charge in [0.05, 0.1) is 11.0 Å². The minimum Gasteiger partial charge on any atom is -0.445 e. The Labute approximate surface area is 151 Å². The van der Waals surface area contributed by atoms with Crippen LogP contribution in [-0.2, 0) is 11.3 Å². The van der Waals surface area contributed by atoms with E-state index in [0.717, 1.165) is 11.6 Å². The van der Waals surface area contributed by atoms with Gasteiger partial charge in [-0.05, 0) is 23.6 Å². The first-order valence-electron chi connectivity index (χ1n) is 8.06. The molecule has 2 aromatic carbocycles. The highest BCUT2D eigenvalue weighted by atomic mass is 16.6. The van der Waals surface area contributed by atoms with Crippen LogP contribution < -0.4 is 5.32 Å². The van der Waals surface area contributed by atoms with Gasteiger partial charge in [-0.3, -0.25) is 14.9 Å². The first-order valence-corrected chi connectivity index (χ1v) is 8.06. The zero-order valence-corrected chi connectivity index (χ0v) is 14.5. The molecule has 0 unspecified atom stereocenters. The molecule has 0 fully saturated rings. The lowest BCUT2D eigenvalue weighted by atomic mass is 9.95. The van der Waals surface area contributed by atoms with Gasteiger partial charge < -0.3 is 10.1 Å². The molecule has 1 radical (unpaired) electrons. The van der Waals surface area contributed by atoms with E-state index in [1.807, 2.05) is 30.3 Å². The first kappa shape index (κ1) is 19.1. The van der Waals surface area contributed by atoms with Gasteiger partial charge in [-0.15, -0.1) is 0 Å². The molecule has 0 spiro atoms. The number of amides is 1. The largest absolute Gasteiger partial charge is 0.445 e. The van der Waals surface area contributed by atoms with Gasteiger partial charge in [0.15, 0.2) is 5.78 Å². The van der Waals surface area contributed by atoms with Crippen LogP contribution in [0.4, 0.5) is 10.5 Å². The number of nitro groups is 1. The fourth-order valence-electron chi connectivity index (χ4n) is 2.30. The predicted octanol–water partition coefficient (Wildman–Crippen LogP) is 3.53. The molecule has 1 N–H and O–H groups in total. The third-order valence-corrected chi connectivity index (χ3v) is 3.70. The number of hydrogen-bond acceptors (Lipinski definition) is 5. The van der Waals surface area contributed by atoms with Crippen LogP contribution >= 0.6 is 0 Å². The number of Topliss-reactive ketones (excluding diaryl/α,β-unsaturated/α-hetero) is 1. The van der Waals surface area contributed by atoms with Gasteiger partial charge >= 0.3 is 6.09 Å². The molecule has 0 aliphatic heterocycles. The highest BCUT2D eigenvalue weighted by Gasteiger charge is 2.27. The molecule has 135 valence electrons. The maximum absolute atomic E-state index is 12.6. The molecule has 7 nitrogen and oxygen atoms in total. The van der Waals surface area contributed by atoms with Crippen LogP contribution in [0.15, 0.2) is 48.5 Å². The highest BCUT2D eigenvalue weighted by Crippen LogP contribution is 2.16. The van der Waals surface area contributed by atoms with Crippen LogP contribution in [0, 0.1) is 22.1 Å². The van der Waals surface area contributed by atoms with Crippen LogP contribution in [0.3, 0.4) is 0 Å². The van der Waals surface area contributed by atoms with E-state index in [9.17, 15) is 19.7 Å². The van der Waals surface area contributed by atoms with E-state index in [1.54, 1.807) is 13.8 Å². The number of non-ortho nitro benzene ring substituents is 1. The normalized spacial score (nSPS) is 11.7. The third-order valence-electron chi connectivity index (χ3n) is 3.70. The van der Waals surface area contributed by atoms with Gasteiger partial charge in [0.2, 0.25) is 0 Å². The molecule has 1 amide bonds. The van der Waals surface area contributed by atoms with Gasteiger partial charge in [-0.1, -0.05) is 44.2 Å². The van der Waals surface area contributed by atoms with E-state index in [0.29, 0.717) is 0 Å². The van der Waals surface area contributed by atoms with Crippen LogP contribution in [0.2, 0.25) is 0 Å². The number of ketones is 1. The number of hydrogen-bond donors (Lipinski definition) is 1. The van der Waals surface area contributed by atoms with Crippen molar-refractivity contribution in [1.82, 2.24) is 5.32 Å². The Morgan fingerprint density at radius 2 is 1.92 bits per heavy atom. The van der Waals surface area contributed by atoms with E-state index in [4.69, 9.17) is 4.74 Å². The fraction of sp³-hybridized carbons (Fsp3) is 0.263. The Bertz CT molecular complexity index is 790. The second-order valence-corrected chi connectivity index (χ2v) is 6.01. The molecule has 0 saturated carbocycles. The van der Waals surface area contributed by atoms with Crippen molar-refractivity contribution >= 4 is 17.6 Å². The first-order chi connectivity index (χ1) is 12.4. The number of carbonyl (C=O) groups excluding carboxylic acids is 2. The van der Waals surface area contributed by atoms with E-state index in [-0.39, 0.29) is 23.8 Å².